The number of hydrogen-bond donors (Lipinski definition) is 1. The summed E-state index contributed by atoms with van der Waals surface area (Å²) in [6, 6.07) is 16.5. The van der Waals surface area contributed by atoms with Crippen LogP contribution >= 0.6 is 0 Å². The molecule has 0 bridgehead atoms. The van der Waals surface area contributed by atoms with E-state index in [0.29, 0.717) is 0 Å². The van der Waals surface area contributed by atoms with Crippen LogP contribution in [0.3, 0.4) is 0 Å². The van der Waals surface area contributed by atoms with E-state index in [1.807, 2.05) is 31.3 Å². The Balaban J connectivity index is 1.85. The molecule has 3 rings (SSSR count). The molecule has 3 heteroatoms. The first-order chi connectivity index (χ1) is 9.81. The van der Waals surface area contributed by atoms with Gasteiger partial charge in [0.2, 0.25) is 0 Å². The molecule has 0 fully saturated rings. The summed E-state index contributed by atoms with van der Waals surface area (Å²) in [5.41, 5.74) is 2.46. The average Bonchev–Trinajstić information content (AvgIpc) is 2.91. The molecular formula is C17H19NO2. The number of hydrogen-bond acceptors (Lipinski definition) is 3. The highest BCUT2D eigenvalue weighted by atomic mass is 16.5. The zero-order valence-electron chi connectivity index (χ0n) is 11.8. The van der Waals surface area contributed by atoms with Crippen molar-refractivity contribution in [1.82, 2.24) is 5.32 Å². The molecule has 0 saturated carbocycles. The zero-order valence-corrected chi connectivity index (χ0v) is 11.8. The van der Waals surface area contributed by atoms with Crippen molar-refractivity contribution in [3.05, 3.63) is 59.7 Å². The SMILES string of the molecule is CNC(c1cccc(OC)c1)C1Cc2ccccc2O1. The molecule has 0 saturated heterocycles. The van der Waals surface area contributed by atoms with Crippen LogP contribution in [0.5, 0.6) is 11.5 Å². The first-order valence-electron chi connectivity index (χ1n) is 6.87. The van der Waals surface area contributed by atoms with E-state index < -0.39 is 0 Å². The molecular weight excluding hydrogens is 250 g/mol. The molecule has 20 heavy (non-hydrogen) atoms. The summed E-state index contributed by atoms with van der Waals surface area (Å²) >= 11 is 0. The molecule has 0 aliphatic carbocycles. The fraction of sp³-hybridized carbons (Fsp3) is 0.294. The van der Waals surface area contributed by atoms with Gasteiger partial charge in [0.05, 0.1) is 13.2 Å². The monoisotopic (exact) mass is 269 g/mol. The van der Waals surface area contributed by atoms with Crippen LogP contribution in [0.4, 0.5) is 0 Å². The number of para-hydroxylation sites is 1. The van der Waals surface area contributed by atoms with Gasteiger partial charge in [-0.1, -0.05) is 30.3 Å². The molecule has 2 aromatic carbocycles. The number of ether oxygens (including phenoxy) is 2. The summed E-state index contributed by atoms with van der Waals surface area (Å²) in [4.78, 5) is 0. The van der Waals surface area contributed by atoms with Crippen molar-refractivity contribution in [1.29, 1.82) is 0 Å². The number of methoxy groups -OCH3 is 1. The van der Waals surface area contributed by atoms with Gasteiger partial charge in [0.25, 0.3) is 0 Å². The van der Waals surface area contributed by atoms with Gasteiger partial charge >= 0.3 is 0 Å². The van der Waals surface area contributed by atoms with Crippen LogP contribution in [0.25, 0.3) is 0 Å². The summed E-state index contributed by atoms with van der Waals surface area (Å²) in [5, 5.41) is 3.37. The summed E-state index contributed by atoms with van der Waals surface area (Å²) in [5.74, 6) is 1.87. The fourth-order valence-corrected chi connectivity index (χ4v) is 2.80. The molecule has 0 aromatic heterocycles. The van der Waals surface area contributed by atoms with E-state index in [2.05, 4.69) is 29.6 Å². The molecule has 0 amide bonds. The van der Waals surface area contributed by atoms with Gasteiger partial charge in [0, 0.05) is 6.42 Å². The van der Waals surface area contributed by atoms with E-state index in [9.17, 15) is 0 Å². The van der Waals surface area contributed by atoms with Crippen LogP contribution in [0.1, 0.15) is 17.2 Å². The maximum atomic E-state index is 6.08. The third kappa shape index (κ3) is 2.37. The number of benzene rings is 2. The Morgan fingerprint density at radius 3 is 2.80 bits per heavy atom. The van der Waals surface area contributed by atoms with E-state index in [4.69, 9.17) is 9.47 Å². The van der Waals surface area contributed by atoms with Crippen LogP contribution in [-0.2, 0) is 6.42 Å². The van der Waals surface area contributed by atoms with Crippen molar-refractivity contribution in [2.24, 2.45) is 0 Å². The summed E-state index contributed by atoms with van der Waals surface area (Å²) in [6.45, 7) is 0. The third-order valence-electron chi connectivity index (χ3n) is 3.81. The highest BCUT2D eigenvalue weighted by Crippen LogP contribution is 2.34. The standard InChI is InChI=1S/C17H19NO2/c1-18-17(13-7-5-8-14(10-13)19-2)16-11-12-6-3-4-9-15(12)20-16/h3-10,16-18H,11H2,1-2H3. The molecule has 0 spiro atoms. The van der Waals surface area contributed by atoms with E-state index in [-0.39, 0.29) is 12.1 Å². The lowest BCUT2D eigenvalue weighted by Crippen LogP contribution is -2.32. The Bertz CT molecular complexity index is 572. The summed E-state index contributed by atoms with van der Waals surface area (Å²) in [6.07, 6.45) is 1.04. The van der Waals surface area contributed by atoms with Gasteiger partial charge in [0.1, 0.15) is 17.6 Å². The fourth-order valence-electron chi connectivity index (χ4n) is 2.80. The van der Waals surface area contributed by atoms with Gasteiger partial charge in [-0.15, -0.1) is 0 Å². The van der Waals surface area contributed by atoms with Crippen molar-refractivity contribution in [3.63, 3.8) is 0 Å². The van der Waals surface area contributed by atoms with Crippen molar-refractivity contribution in [3.8, 4) is 11.5 Å². The molecule has 1 heterocycles. The third-order valence-corrected chi connectivity index (χ3v) is 3.81. The predicted molar refractivity (Wildman–Crippen MR) is 79.4 cm³/mol. The van der Waals surface area contributed by atoms with Crippen molar-refractivity contribution in [2.75, 3.05) is 14.2 Å². The van der Waals surface area contributed by atoms with Gasteiger partial charge in [-0.05, 0) is 36.4 Å². The van der Waals surface area contributed by atoms with E-state index in [1.165, 1.54) is 11.1 Å². The van der Waals surface area contributed by atoms with Crippen LogP contribution in [0, 0.1) is 0 Å². The Kier molecular flexibility index (Phi) is 3.61. The second-order valence-electron chi connectivity index (χ2n) is 5.01. The van der Waals surface area contributed by atoms with Crippen molar-refractivity contribution < 1.29 is 9.47 Å². The maximum Gasteiger partial charge on any atom is 0.123 e. The summed E-state index contributed by atoms with van der Waals surface area (Å²) in [7, 11) is 3.66. The van der Waals surface area contributed by atoms with Crippen molar-refractivity contribution >= 4 is 0 Å². The minimum atomic E-state index is 0.115. The van der Waals surface area contributed by atoms with E-state index in [0.717, 1.165) is 17.9 Å². The largest absolute Gasteiger partial charge is 0.497 e. The first-order valence-corrected chi connectivity index (χ1v) is 6.87. The Labute approximate surface area is 119 Å². The molecule has 1 aliphatic heterocycles. The topological polar surface area (TPSA) is 30.5 Å². The van der Waals surface area contributed by atoms with Crippen LogP contribution in [0.2, 0.25) is 0 Å². The Morgan fingerprint density at radius 1 is 1.20 bits per heavy atom. The lowest BCUT2D eigenvalue weighted by molar-refractivity contribution is 0.183. The molecule has 2 unspecified atom stereocenters. The van der Waals surface area contributed by atoms with E-state index >= 15 is 0 Å². The molecule has 1 aliphatic rings. The molecule has 104 valence electrons. The van der Waals surface area contributed by atoms with Gasteiger partial charge < -0.3 is 14.8 Å². The first kappa shape index (κ1) is 13.0. The number of nitrogens with one attached hydrogen (secondary N) is 1. The molecule has 0 radical (unpaired) electrons. The molecule has 3 nitrogen and oxygen atoms in total. The maximum absolute atomic E-state index is 6.08. The van der Waals surface area contributed by atoms with Crippen molar-refractivity contribution in [2.45, 2.75) is 18.6 Å². The minimum Gasteiger partial charge on any atom is -0.497 e. The predicted octanol–water partition coefficient (Wildman–Crippen LogP) is 2.96. The zero-order chi connectivity index (χ0) is 13.9. The quantitative estimate of drug-likeness (QED) is 0.925. The van der Waals surface area contributed by atoms with Gasteiger partial charge in [-0.25, -0.2) is 0 Å². The minimum absolute atomic E-state index is 0.115. The molecule has 2 aromatic rings. The van der Waals surface area contributed by atoms with Gasteiger partial charge in [-0.2, -0.15) is 0 Å². The lowest BCUT2D eigenvalue weighted by Gasteiger charge is -2.23. The van der Waals surface area contributed by atoms with Gasteiger partial charge in [0.15, 0.2) is 0 Å². The smallest absolute Gasteiger partial charge is 0.123 e. The molecule has 1 N–H and O–H groups in total. The highest BCUT2D eigenvalue weighted by molar-refractivity contribution is 5.39. The molecule has 2 atom stereocenters. The highest BCUT2D eigenvalue weighted by Gasteiger charge is 2.30. The Hall–Kier alpha value is -2.00. The normalized spacial score (nSPS) is 18.2. The second kappa shape index (κ2) is 5.55. The van der Waals surface area contributed by atoms with Crippen LogP contribution < -0.4 is 14.8 Å². The number of likely N-dealkylation sites (N-methyl/N-ethyl adjacent to an activating group) is 1. The Morgan fingerprint density at radius 2 is 2.05 bits per heavy atom. The van der Waals surface area contributed by atoms with E-state index in [1.54, 1.807) is 7.11 Å². The number of rotatable bonds is 4. The van der Waals surface area contributed by atoms with Crippen LogP contribution in [0.15, 0.2) is 48.5 Å². The number of fused-ring (bicyclic) bond motifs is 1. The second-order valence-corrected chi connectivity index (χ2v) is 5.01. The lowest BCUT2D eigenvalue weighted by atomic mass is 9.97. The summed E-state index contributed by atoms with van der Waals surface area (Å²) < 4.78 is 11.4. The van der Waals surface area contributed by atoms with Gasteiger partial charge in [-0.3, -0.25) is 0 Å². The van der Waals surface area contributed by atoms with Crippen LogP contribution in [-0.4, -0.2) is 20.3 Å². The average molecular weight is 269 g/mol.